The van der Waals surface area contributed by atoms with Crippen LogP contribution in [0.25, 0.3) is 0 Å². The first-order valence-corrected chi connectivity index (χ1v) is 13.4. The lowest BCUT2D eigenvalue weighted by molar-refractivity contribution is -0.122. The molecule has 10 heteroatoms. The fraction of sp³-hybridized carbons (Fsp3) is 0.300. The van der Waals surface area contributed by atoms with Gasteiger partial charge in [0.05, 0.1) is 33.4 Å². The first kappa shape index (κ1) is 28.0. The number of benzene rings is 3. The van der Waals surface area contributed by atoms with Crippen LogP contribution in [0.4, 0.5) is 20.2 Å². The molecule has 2 aliphatic rings. The second kappa shape index (κ2) is 10.2. The Kier molecular flexibility index (Phi) is 7.11. The number of anilines is 2. The summed E-state index contributed by atoms with van der Waals surface area (Å²) in [7, 11) is 0. The van der Waals surface area contributed by atoms with E-state index >= 15 is 8.78 Å². The number of carbonyl (C=O) groups excluding carboxylic acids is 2. The van der Waals surface area contributed by atoms with Crippen LogP contribution in [0.2, 0.25) is 10.0 Å². The summed E-state index contributed by atoms with van der Waals surface area (Å²) in [5.74, 6) is -3.77. The van der Waals surface area contributed by atoms with E-state index in [4.69, 9.17) is 28.5 Å². The summed E-state index contributed by atoms with van der Waals surface area (Å²) in [6.07, 6.45) is 0.392. The molecule has 1 saturated heterocycles. The van der Waals surface area contributed by atoms with Crippen LogP contribution in [-0.4, -0.2) is 23.9 Å². The summed E-state index contributed by atoms with van der Waals surface area (Å²) < 4.78 is 31.1. The highest BCUT2D eigenvalue weighted by Gasteiger charge is 2.66. The molecule has 6 nitrogen and oxygen atoms in total. The van der Waals surface area contributed by atoms with Crippen molar-refractivity contribution in [2.45, 2.75) is 50.6 Å². The highest BCUT2D eigenvalue weighted by Crippen LogP contribution is 2.57. The number of carbonyl (C=O) groups is 2. The van der Waals surface area contributed by atoms with E-state index in [0.717, 1.165) is 0 Å². The van der Waals surface area contributed by atoms with E-state index in [-0.39, 0.29) is 26.7 Å². The molecule has 2 heterocycles. The van der Waals surface area contributed by atoms with Gasteiger partial charge in [-0.25, -0.2) is 8.78 Å². The molecule has 2 aliphatic heterocycles. The quantitative estimate of drug-likeness (QED) is 0.326. The highest BCUT2D eigenvalue weighted by molar-refractivity contribution is 6.31. The SMILES string of the molecule is CC(C)(C)C[C@@H]1N[C@@H](C(=O)Nc2ccc(C#N)cc2)[C@H](c2cccc(Cl)c2F)[C@]12C(=O)Nc1c2ccc(Cl)c1F. The minimum Gasteiger partial charge on any atom is -0.325 e. The third-order valence-electron chi connectivity index (χ3n) is 7.61. The molecule has 4 atom stereocenters. The molecule has 206 valence electrons. The number of fused-ring (bicyclic) bond motifs is 2. The van der Waals surface area contributed by atoms with Crippen molar-refractivity contribution in [3.63, 3.8) is 0 Å². The van der Waals surface area contributed by atoms with Crippen LogP contribution in [0.5, 0.6) is 0 Å². The number of hydrogen-bond acceptors (Lipinski definition) is 4. The molecule has 1 spiro atoms. The van der Waals surface area contributed by atoms with E-state index in [2.05, 4.69) is 16.0 Å². The Morgan fingerprint density at radius 1 is 1.05 bits per heavy atom. The van der Waals surface area contributed by atoms with Gasteiger partial charge < -0.3 is 16.0 Å². The second-order valence-electron chi connectivity index (χ2n) is 11.4. The first-order valence-electron chi connectivity index (χ1n) is 12.7. The highest BCUT2D eigenvalue weighted by atomic mass is 35.5. The first-order chi connectivity index (χ1) is 18.9. The Morgan fingerprint density at radius 3 is 2.38 bits per heavy atom. The fourth-order valence-electron chi connectivity index (χ4n) is 6.03. The van der Waals surface area contributed by atoms with Crippen LogP contribution in [0, 0.1) is 28.4 Å². The van der Waals surface area contributed by atoms with Gasteiger partial charge in [0.25, 0.3) is 0 Å². The molecule has 2 amide bonds. The average molecular weight is 583 g/mol. The summed E-state index contributed by atoms with van der Waals surface area (Å²) in [4.78, 5) is 28.0. The number of nitrogens with one attached hydrogen (secondary N) is 3. The van der Waals surface area contributed by atoms with Crippen molar-refractivity contribution in [3.8, 4) is 6.07 Å². The zero-order valence-corrected chi connectivity index (χ0v) is 23.4. The zero-order valence-electron chi connectivity index (χ0n) is 21.9. The molecule has 3 N–H and O–H groups in total. The van der Waals surface area contributed by atoms with Crippen LogP contribution >= 0.6 is 23.2 Å². The van der Waals surface area contributed by atoms with Crippen molar-refractivity contribution in [1.82, 2.24) is 5.32 Å². The molecule has 0 aromatic heterocycles. The maximum absolute atomic E-state index is 15.8. The Bertz CT molecular complexity index is 1570. The van der Waals surface area contributed by atoms with Gasteiger partial charge in [-0.3, -0.25) is 9.59 Å². The van der Waals surface area contributed by atoms with Gasteiger partial charge in [-0.1, -0.05) is 62.2 Å². The van der Waals surface area contributed by atoms with Gasteiger partial charge in [0.2, 0.25) is 11.8 Å². The summed E-state index contributed by atoms with van der Waals surface area (Å²) >= 11 is 12.3. The third-order valence-corrected chi connectivity index (χ3v) is 8.19. The van der Waals surface area contributed by atoms with Crippen LogP contribution in [0.3, 0.4) is 0 Å². The molecular weight excluding hydrogens is 557 g/mol. The smallest absolute Gasteiger partial charge is 0.242 e. The summed E-state index contributed by atoms with van der Waals surface area (Å²) in [6.45, 7) is 5.95. The van der Waals surface area contributed by atoms with Gasteiger partial charge in [0.1, 0.15) is 11.2 Å². The predicted octanol–water partition coefficient (Wildman–Crippen LogP) is 6.53. The van der Waals surface area contributed by atoms with Crippen molar-refractivity contribution in [3.05, 3.63) is 93.0 Å². The standard InChI is InChI=1S/C30H26Cl2F2N4O2/c1-29(2,3)13-21-30(18-11-12-20(32)24(34)25(18)38-28(30)40)22(17-5-4-6-19(31)23(17)33)26(37-21)27(39)36-16-9-7-15(14-35)8-10-16/h4-12,21-22,26,37H,13H2,1-3H3,(H,36,39)(H,38,40)/t21-,22-,26+,30+/m0/s1. The molecule has 0 unspecified atom stereocenters. The van der Waals surface area contributed by atoms with E-state index in [1.54, 1.807) is 36.4 Å². The number of rotatable bonds is 4. The lowest BCUT2D eigenvalue weighted by Gasteiger charge is -2.37. The number of hydrogen-bond donors (Lipinski definition) is 3. The molecule has 1 fully saturated rings. The number of nitrogens with zero attached hydrogens (tertiary/aromatic N) is 1. The van der Waals surface area contributed by atoms with Crippen molar-refractivity contribution in [1.29, 1.82) is 5.26 Å². The Labute approximate surface area is 240 Å². The predicted molar refractivity (Wildman–Crippen MR) is 150 cm³/mol. The van der Waals surface area contributed by atoms with Gasteiger partial charge in [-0.05, 0) is 59.4 Å². The van der Waals surface area contributed by atoms with Crippen LogP contribution in [0.1, 0.15) is 49.8 Å². The summed E-state index contributed by atoms with van der Waals surface area (Å²) in [5, 5.41) is 17.6. The van der Waals surface area contributed by atoms with Gasteiger partial charge in [-0.2, -0.15) is 5.26 Å². The van der Waals surface area contributed by atoms with Crippen molar-refractivity contribution in [2.75, 3.05) is 10.6 Å². The zero-order chi connectivity index (χ0) is 29.0. The lowest BCUT2D eigenvalue weighted by Crippen LogP contribution is -2.49. The summed E-state index contributed by atoms with van der Waals surface area (Å²) in [6, 6.07) is 13.8. The Morgan fingerprint density at radius 2 is 1.73 bits per heavy atom. The van der Waals surface area contributed by atoms with Crippen LogP contribution in [0.15, 0.2) is 54.6 Å². The minimum absolute atomic E-state index is 0.0507. The van der Waals surface area contributed by atoms with E-state index in [0.29, 0.717) is 23.2 Å². The van der Waals surface area contributed by atoms with Gasteiger partial charge in [0, 0.05) is 17.6 Å². The Balaban J connectivity index is 1.73. The van der Waals surface area contributed by atoms with Gasteiger partial charge >= 0.3 is 0 Å². The molecular formula is C30H26Cl2F2N4O2. The second-order valence-corrected chi connectivity index (χ2v) is 12.2. The fourth-order valence-corrected chi connectivity index (χ4v) is 6.37. The summed E-state index contributed by atoms with van der Waals surface area (Å²) in [5.41, 5.74) is -0.827. The molecule has 0 aliphatic carbocycles. The van der Waals surface area contributed by atoms with Gasteiger partial charge in [-0.15, -0.1) is 0 Å². The molecule has 0 radical (unpaired) electrons. The molecule has 40 heavy (non-hydrogen) atoms. The average Bonchev–Trinajstić information content (AvgIpc) is 3.38. The minimum atomic E-state index is -1.58. The molecule has 3 aromatic rings. The van der Waals surface area contributed by atoms with E-state index < -0.39 is 46.9 Å². The van der Waals surface area contributed by atoms with Crippen molar-refractivity contribution in [2.24, 2.45) is 5.41 Å². The van der Waals surface area contributed by atoms with Gasteiger partial charge in [0.15, 0.2) is 5.82 Å². The van der Waals surface area contributed by atoms with E-state index in [1.165, 1.54) is 18.2 Å². The van der Waals surface area contributed by atoms with E-state index in [9.17, 15) is 9.59 Å². The van der Waals surface area contributed by atoms with Crippen molar-refractivity contribution >= 4 is 46.4 Å². The number of nitriles is 1. The third kappa shape index (κ3) is 4.52. The maximum Gasteiger partial charge on any atom is 0.242 e. The van der Waals surface area contributed by atoms with Crippen LogP contribution < -0.4 is 16.0 Å². The van der Waals surface area contributed by atoms with Crippen LogP contribution in [-0.2, 0) is 15.0 Å². The monoisotopic (exact) mass is 582 g/mol. The Hall–Kier alpha value is -3.51. The lowest BCUT2D eigenvalue weighted by atomic mass is 9.62. The topological polar surface area (TPSA) is 94.0 Å². The number of amides is 2. The molecule has 0 saturated carbocycles. The molecule has 5 rings (SSSR count). The van der Waals surface area contributed by atoms with Crippen molar-refractivity contribution < 1.29 is 18.4 Å². The normalized spacial score (nSPS) is 23.6. The largest absolute Gasteiger partial charge is 0.325 e. The molecule has 0 bridgehead atoms. The van der Waals surface area contributed by atoms with E-state index in [1.807, 2.05) is 26.8 Å². The maximum atomic E-state index is 15.8. The number of halogens is 4. The molecule has 3 aromatic carbocycles.